The Morgan fingerprint density at radius 3 is 2.81 bits per heavy atom. The van der Waals surface area contributed by atoms with Crippen LogP contribution in [0.4, 0.5) is 0 Å². The smallest absolute Gasteiger partial charge is 0.141 e. The van der Waals surface area contributed by atoms with E-state index in [9.17, 15) is 4.79 Å². The fourth-order valence-electron chi connectivity index (χ4n) is 3.39. The summed E-state index contributed by atoms with van der Waals surface area (Å²) < 4.78 is 0.788. The molecule has 0 spiro atoms. The van der Waals surface area contributed by atoms with Gasteiger partial charge in [-0.3, -0.25) is 4.79 Å². The first kappa shape index (κ1) is 10.8. The Hall–Kier alpha value is -0.340. The number of Topliss-reactive ketones (excluding diaryl/α,β-unsaturated/α-hetero) is 1. The van der Waals surface area contributed by atoms with Gasteiger partial charge in [-0.2, -0.15) is 0 Å². The molecule has 1 heterocycles. The second kappa shape index (κ2) is 4.15. The number of carbonyl (C=O) groups excluding carboxylic acids is 1. The molecule has 2 bridgehead atoms. The first-order valence-corrected chi connectivity index (χ1v) is 7.19. The number of hydrogen-bond acceptors (Lipinski definition) is 2. The molecule has 3 atom stereocenters. The number of hydrogen-bond donors (Lipinski definition) is 0. The van der Waals surface area contributed by atoms with E-state index in [1.54, 1.807) is 0 Å². The topological polar surface area (TPSA) is 17.1 Å². The molecule has 3 heteroatoms. The Morgan fingerprint density at radius 1 is 1.38 bits per heavy atom. The van der Waals surface area contributed by atoms with Crippen LogP contribution in [0.5, 0.6) is 0 Å². The summed E-state index contributed by atoms with van der Waals surface area (Å²) in [7, 11) is 0. The van der Waals surface area contributed by atoms with Crippen molar-refractivity contribution in [3.63, 3.8) is 0 Å². The maximum absolute atomic E-state index is 12.2. The van der Waals surface area contributed by atoms with Crippen LogP contribution in [0.2, 0.25) is 4.34 Å². The van der Waals surface area contributed by atoms with Gasteiger partial charge in [0.25, 0.3) is 0 Å². The Labute approximate surface area is 105 Å². The van der Waals surface area contributed by atoms with Crippen LogP contribution in [0.3, 0.4) is 0 Å². The molecule has 0 radical (unpaired) electrons. The van der Waals surface area contributed by atoms with Gasteiger partial charge < -0.3 is 0 Å². The van der Waals surface area contributed by atoms with Gasteiger partial charge in [-0.05, 0) is 43.2 Å². The third-order valence-electron chi connectivity index (χ3n) is 4.13. The van der Waals surface area contributed by atoms with Crippen LogP contribution < -0.4 is 0 Å². The van der Waals surface area contributed by atoms with Crippen LogP contribution in [0.1, 0.15) is 30.6 Å². The van der Waals surface area contributed by atoms with E-state index in [1.165, 1.54) is 30.6 Å². The van der Waals surface area contributed by atoms with Gasteiger partial charge in [-0.15, -0.1) is 11.3 Å². The largest absolute Gasteiger partial charge is 0.299 e. The van der Waals surface area contributed by atoms with E-state index < -0.39 is 0 Å². The molecule has 2 saturated carbocycles. The predicted octanol–water partition coefficient (Wildman–Crippen LogP) is 3.95. The molecule has 86 valence electrons. The van der Waals surface area contributed by atoms with Crippen molar-refractivity contribution >= 4 is 28.7 Å². The summed E-state index contributed by atoms with van der Waals surface area (Å²) >= 11 is 7.41. The zero-order valence-electron chi connectivity index (χ0n) is 9.12. The van der Waals surface area contributed by atoms with Crippen molar-refractivity contribution in [3.8, 4) is 0 Å². The van der Waals surface area contributed by atoms with Gasteiger partial charge in [0.05, 0.1) is 4.34 Å². The Morgan fingerprint density at radius 2 is 2.25 bits per heavy atom. The molecule has 3 rings (SSSR count). The molecular formula is C13H15ClOS. The lowest BCUT2D eigenvalue weighted by Gasteiger charge is -2.19. The maximum Gasteiger partial charge on any atom is 0.141 e. The highest BCUT2D eigenvalue weighted by Crippen LogP contribution is 2.48. The molecule has 1 aromatic rings. The number of ketones is 1. The van der Waals surface area contributed by atoms with Gasteiger partial charge >= 0.3 is 0 Å². The van der Waals surface area contributed by atoms with Crippen LogP contribution >= 0.6 is 22.9 Å². The summed E-state index contributed by atoms with van der Waals surface area (Å²) in [5.41, 5.74) is 0. The Bertz CT molecular complexity index is 412. The zero-order chi connectivity index (χ0) is 11.1. The van der Waals surface area contributed by atoms with Gasteiger partial charge in [0.15, 0.2) is 0 Å². The second-order valence-electron chi connectivity index (χ2n) is 5.13. The van der Waals surface area contributed by atoms with Gasteiger partial charge in [0.1, 0.15) is 5.78 Å². The van der Waals surface area contributed by atoms with E-state index in [-0.39, 0.29) is 0 Å². The van der Waals surface area contributed by atoms with Crippen molar-refractivity contribution in [1.29, 1.82) is 0 Å². The fraction of sp³-hybridized carbons (Fsp3) is 0.615. The maximum atomic E-state index is 12.2. The zero-order valence-corrected chi connectivity index (χ0v) is 10.7. The van der Waals surface area contributed by atoms with E-state index in [4.69, 9.17) is 11.6 Å². The van der Waals surface area contributed by atoms with Crippen molar-refractivity contribution in [3.05, 3.63) is 21.3 Å². The van der Waals surface area contributed by atoms with Crippen LogP contribution in [0.15, 0.2) is 12.1 Å². The average molecular weight is 255 g/mol. The van der Waals surface area contributed by atoms with Gasteiger partial charge in [0.2, 0.25) is 0 Å². The van der Waals surface area contributed by atoms with Crippen LogP contribution in [-0.4, -0.2) is 5.78 Å². The van der Waals surface area contributed by atoms with Crippen molar-refractivity contribution < 1.29 is 4.79 Å². The molecule has 0 amide bonds. The molecule has 1 nitrogen and oxygen atoms in total. The van der Waals surface area contributed by atoms with E-state index in [0.717, 1.165) is 21.6 Å². The van der Waals surface area contributed by atoms with Crippen molar-refractivity contribution in [2.45, 2.75) is 32.1 Å². The Kier molecular flexibility index (Phi) is 2.80. The third-order valence-corrected chi connectivity index (χ3v) is 5.36. The molecule has 0 aromatic carbocycles. The minimum Gasteiger partial charge on any atom is -0.299 e. The monoisotopic (exact) mass is 254 g/mol. The summed E-state index contributed by atoms with van der Waals surface area (Å²) in [6, 6.07) is 3.87. The van der Waals surface area contributed by atoms with Crippen molar-refractivity contribution in [2.75, 3.05) is 0 Å². The summed E-state index contributed by atoms with van der Waals surface area (Å²) in [5, 5.41) is 0. The molecule has 0 N–H and O–H groups in total. The summed E-state index contributed by atoms with van der Waals surface area (Å²) in [5.74, 6) is 2.36. The first-order valence-electron chi connectivity index (χ1n) is 5.99. The number of halogens is 1. The normalized spacial score (nSPS) is 32.2. The van der Waals surface area contributed by atoms with Crippen LogP contribution in [0.25, 0.3) is 0 Å². The quantitative estimate of drug-likeness (QED) is 0.798. The molecule has 0 saturated heterocycles. The molecule has 2 fully saturated rings. The fourth-order valence-corrected chi connectivity index (χ4v) is 4.49. The lowest BCUT2D eigenvalue weighted by molar-refractivity contribution is -0.123. The van der Waals surface area contributed by atoms with Gasteiger partial charge in [0, 0.05) is 17.2 Å². The van der Waals surface area contributed by atoms with E-state index >= 15 is 0 Å². The first-order chi connectivity index (χ1) is 7.72. The minimum atomic E-state index is 0.361. The van der Waals surface area contributed by atoms with Gasteiger partial charge in [-0.1, -0.05) is 18.0 Å². The predicted molar refractivity (Wildman–Crippen MR) is 67.0 cm³/mol. The lowest BCUT2D eigenvalue weighted by Crippen LogP contribution is -2.22. The highest BCUT2D eigenvalue weighted by molar-refractivity contribution is 7.16. The standard InChI is InChI=1S/C13H15ClOS/c14-13-4-3-10(16-13)7-12(15)11-6-8-1-2-9(11)5-8/h3-4,8-9,11H,1-2,5-7H2. The molecule has 3 unspecified atom stereocenters. The van der Waals surface area contributed by atoms with Crippen LogP contribution in [0, 0.1) is 17.8 Å². The highest BCUT2D eigenvalue weighted by Gasteiger charge is 2.42. The van der Waals surface area contributed by atoms with Crippen LogP contribution in [-0.2, 0) is 11.2 Å². The van der Waals surface area contributed by atoms with E-state index in [0.29, 0.717) is 24.0 Å². The molecule has 1 aromatic heterocycles. The van der Waals surface area contributed by atoms with Crippen molar-refractivity contribution in [2.24, 2.45) is 17.8 Å². The number of rotatable bonds is 3. The molecule has 2 aliphatic rings. The van der Waals surface area contributed by atoms with Crippen molar-refractivity contribution in [1.82, 2.24) is 0 Å². The number of carbonyl (C=O) groups is 1. The SMILES string of the molecule is O=C(Cc1ccc(Cl)s1)C1CC2CCC1C2. The number of fused-ring (bicyclic) bond motifs is 2. The van der Waals surface area contributed by atoms with E-state index in [2.05, 4.69) is 0 Å². The number of thiophene rings is 1. The van der Waals surface area contributed by atoms with E-state index in [1.807, 2.05) is 12.1 Å². The van der Waals surface area contributed by atoms with Gasteiger partial charge in [-0.25, -0.2) is 0 Å². The Balaban J connectivity index is 1.65. The summed E-state index contributed by atoms with van der Waals surface area (Å²) in [4.78, 5) is 13.3. The second-order valence-corrected chi connectivity index (χ2v) is 6.93. The lowest BCUT2D eigenvalue weighted by atomic mass is 9.84. The minimum absolute atomic E-state index is 0.361. The highest BCUT2D eigenvalue weighted by atomic mass is 35.5. The molecule has 16 heavy (non-hydrogen) atoms. The average Bonchev–Trinajstić information content (AvgIpc) is 2.93. The third kappa shape index (κ3) is 1.93. The molecular weight excluding hydrogens is 240 g/mol. The molecule has 0 aliphatic heterocycles. The summed E-state index contributed by atoms with van der Waals surface area (Å²) in [6.07, 6.45) is 5.71. The molecule has 2 aliphatic carbocycles. The summed E-state index contributed by atoms with van der Waals surface area (Å²) in [6.45, 7) is 0.